The van der Waals surface area contributed by atoms with Gasteiger partial charge in [0.05, 0.1) is 12.7 Å². The minimum atomic E-state index is -2.70. The fourth-order valence-corrected chi connectivity index (χ4v) is 2.20. The van der Waals surface area contributed by atoms with Crippen LogP contribution in [0.4, 0.5) is 0 Å². The Hall–Kier alpha value is -2.52. The maximum atomic E-state index is 12.2. The Kier molecular flexibility index (Phi) is 3.38. The van der Waals surface area contributed by atoms with Gasteiger partial charge in [-0.05, 0) is 6.92 Å². The topological polar surface area (TPSA) is 104 Å². The molecule has 0 aromatic heterocycles. The molecule has 20 heavy (non-hydrogen) atoms. The van der Waals surface area contributed by atoms with E-state index in [2.05, 4.69) is 4.74 Å². The number of aliphatic hydroxyl groups is 1. The zero-order valence-corrected chi connectivity index (χ0v) is 10.6. The van der Waals surface area contributed by atoms with Crippen LogP contribution in [0.25, 0.3) is 0 Å². The Morgan fingerprint density at radius 1 is 1.35 bits per heavy atom. The van der Waals surface area contributed by atoms with Crippen molar-refractivity contribution in [3.63, 3.8) is 0 Å². The van der Waals surface area contributed by atoms with Crippen LogP contribution in [0.15, 0.2) is 24.3 Å². The number of nitriles is 1. The van der Waals surface area contributed by atoms with Gasteiger partial charge in [0.2, 0.25) is 17.2 Å². The van der Waals surface area contributed by atoms with Crippen molar-refractivity contribution in [1.29, 1.82) is 5.26 Å². The minimum Gasteiger partial charge on any atom is -0.465 e. The number of ketones is 2. The van der Waals surface area contributed by atoms with E-state index in [1.165, 1.54) is 37.3 Å². The number of ether oxygens (including phenoxy) is 1. The van der Waals surface area contributed by atoms with Gasteiger partial charge >= 0.3 is 5.97 Å². The van der Waals surface area contributed by atoms with Gasteiger partial charge in [-0.2, -0.15) is 5.26 Å². The second-order valence-electron chi connectivity index (χ2n) is 4.28. The van der Waals surface area contributed by atoms with E-state index in [1.54, 1.807) is 0 Å². The molecule has 0 heterocycles. The van der Waals surface area contributed by atoms with Crippen LogP contribution < -0.4 is 0 Å². The highest BCUT2D eigenvalue weighted by Crippen LogP contribution is 2.35. The van der Waals surface area contributed by atoms with Crippen molar-refractivity contribution >= 4 is 17.5 Å². The van der Waals surface area contributed by atoms with Crippen LogP contribution in [0.1, 0.15) is 27.6 Å². The number of hydrogen-bond acceptors (Lipinski definition) is 6. The molecule has 0 aliphatic heterocycles. The van der Waals surface area contributed by atoms with Gasteiger partial charge in [0.25, 0.3) is 0 Å². The zero-order chi connectivity index (χ0) is 14.9. The van der Waals surface area contributed by atoms with E-state index in [4.69, 9.17) is 5.26 Å². The fourth-order valence-electron chi connectivity index (χ4n) is 2.20. The molecule has 0 amide bonds. The van der Waals surface area contributed by atoms with Crippen LogP contribution in [0.3, 0.4) is 0 Å². The van der Waals surface area contributed by atoms with E-state index in [0.717, 1.165) is 0 Å². The molecule has 6 nitrogen and oxygen atoms in total. The van der Waals surface area contributed by atoms with E-state index in [0.29, 0.717) is 0 Å². The molecule has 1 aromatic rings. The fraction of sp³-hybridized carbons (Fsp3) is 0.286. The van der Waals surface area contributed by atoms with Gasteiger partial charge in [-0.3, -0.25) is 14.4 Å². The number of carbonyl (C=O) groups excluding carboxylic acids is 3. The molecule has 0 saturated carbocycles. The number of nitrogens with zero attached hydrogens (tertiary/aromatic N) is 1. The molecule has 2 rings (SSSR count). The van der Waals surface area contributed by atoms with Crippen LogP contribution in [0.5, 0.6) is 0 Å². The van der Waals surface area contributed by atoms with E-state index < -0.39 is 29.1 Å². The molecular formula is C14H11NO5. The summed E-state index contributed by atoms with van der Waals surface area (Å²) >= 11 is 0. The Morgan fingerprint density at radius 3 is 2.25 bits per heavy atom. The van der Waals surface area contributed by atoms with Crippen LogP contribution in [0, 0.1) is 17.2 Å². The number of benzene rings is 1. The lowest BCUT2D eigenvalue weighted by molar-refractivity contribution is -0.150. The standard InChI is InChI=1S/C14H11NO5/c1-2-20-13(18)10(7-15)14(19)11(16)8-5-3-4-6-9(8)12(14)17/h3-6,10,19H,2H2,1H3/t10-/m1/s1. The molecule has 6 heteroatoms. The van der Waals surface area contributed by atoms with Gasteiger partial charge < -0.3 is 9.84 Å². The Labute approximate surface area is 114 Å². The van der Waals surface area contributed by atoms with Crippen molar-refractivity contribution in [2.24, 2.45) is 5.92 Å². The van der Waals surface area contributed by atoms with Crippen LogP contribution in [-0.2, 0) is 9.53 Å². The smallest absolute Gasteiger partial charge is 0.327 e. The third-order valence-electron chi connectivity index (χ3n) is 3.18. The molecule has 1 N–H and O–H groups in total. The highest BCUT2D eigenvalue weighted by Gasteiger charge is 2.60. The van der Waals surface area contributed by atoms with Crippen LogP contribution >= 0.6 is 0 Å². The third kappa shape index (κ3) is 1.72. The molecule has 0 radical (unpaired) electrons. The second-order valence-corrected chi connectivity index (χ2v) is 4.28. The maximum absolute atomic E-state index is 12.2. The lowest BCUT2D eigenvalue weighted by Gasteiger charge is -2.22. The largest absolute Gasteiger partial charge is 0.465 e. The van der Waals surface area contributed by atoms with Gasteiger partial charge in [0, 0.05) is 11.1 Å². The Morgan fingerprint density at radius 2 is 1.85 bits per heavy atom. The van der Waals surface area contributed by atoms with Crippen molar-refractivity contribution in [1.82, 2.24) is 0 Å². The number of carbonyl (C=O) groups is 3. The van der Waals surface area contributed by atoms with Gasteiger partial charge in [-0.25, -0.2) is 0 Å². The molecule has 1 aromatic carbocycles. The Bertz CT molecular complexity index is 608. The summed E-state index contributed by atoms with van der Waals surface area (Å²) in [7, 11) is 0. The number of esters is 1. The first kappa shape index (κ1) is 13.9. The lowest BCUT2D eigenvalue weighted by Crippen LogP contribution is -2.51. The summed E-state index contributed by atoms with van der Waals surface area (Å²) in [5, 5.41) is 19.4. The summed E-state index contributed by atoms with van der Waals surface area (Å²) in [6, 6.07) is 7.29. The molecular weight excluding hydrogens is 262 g/mol. The van der Waals surface area contributed by atoms with Crippen molar-refractivity contribution in [3.05, 3.63) is 35.4 Å². The van der Waals surface area contributed by atoms with Crippen molar-refractivity contribution in [2.45, 2.75) is 12.5 Å². The number of hydrogen-bond donors (Lipinski definition) is 1. The van der Waals surface area contributed by atoms with E-state index in [9.17, 15) is 19.5 Å². The highest BCUT2D eigenvalue weighted by molar-refractivity contribution is 6.33. The first-order valence-electron chi connectivity index (χ1n) is 5.95. The summed E-state index contributed by atoms with van der Waals surface area (Å²) in [6.07, 6.45) is 0. The first-order chi connectivity index (χ1) is 9.48. The third-order valence-corrected chi connectivity index (χ3v) is 3.18. The molecule has 1 aliphatic carbocycles. The second kappa shape index (κ2) is 4.87. The first-order valence-corrected chi connectivity index (χ1v) is 5.95. The lowest BCUT2D eigenvalue weighted by atomic mass is 9.84. The minimum absolute atomic E-state index is 0.00421. The number of Topliss-reactive ketones (excluding diaryl/α,β-unsaturated/α-hetero) is 2. The van der Waals surface area contributed by atoms with Crippen LogP contribution in [-0.4, -0.2) is 34.9 Å². The SMILES string of the molecule is CCOC(=O)[C@@H](C#N)C1(O)C(=O)c2ccccc2C1=O. The summed E-state index contributed by atoms with van der Waals surface area (Å²) in [6.45, 7) is 1.49. The predicted octanol–water partition coefficient (Wildman–Crippen LogP) is 0.500. The highest BCUT2D eigenvalue weighted by atomic mass is 16.5. The van der Waals surface area contributed by atoms with Gasteiger partial charge in [0.15, 0.2) is 5.92 Å². The molecule has 0 fully saturated rings. The average Bonchev–Trinajstić information content (AvgIpc) is 2.63. The van der Waals surface area contributed by atoms with Crippen molar-refractivity contribution in [2.75, 3.05) is 6.61 Å². The normalized spacial score (nSPS) is 17.2. The molecule has 1 aliphatic rings. The van der Waals surface area contributed by atoms with Gasteiger partial charge in [0.1, 0.15) is 0 Å². The molecule has 0 saturated heterocycles. The maximum Gasteiger partial charge on any atom is 0.327 e. The van der Waals surface area contributed by atoms with E-state index in [-0.39, 0.29) is 17.7 Å². The molecule has 0 spiro atoms. The average molecular weight is 273 g/mol. The zero-order valence-electron chi connectivity index (χ0n) is 10.6. The van der Waals surface area contributed by atoms with Crippen molar-refractivity contribution in [3.8, 4) is 6.07 Å². The van der Waals surface area contributed by atoms with E-state index >= 15 is 0 Å². The number of fused-ring (bicyclic) bond motifs is 1. The monoisotopic (exact) mass is 273 g/mol. The summed E-state index contributed by atoms with van der Waals surface area (Å²) < 4.78 is 4.64. The van der Waals surface area contributed by atoms with Crippen molar-refractivity contribution < 1.29 is 24.2 Å². The quantitative estimate of drug-likeness (QED) is 0.635. The molecule has 102 valence electrons. The Balaban J connectivity index is 2.52. The molecule has 1 atom stereocenters. The van der Waals surface area contributed by atoms with E-state index in [1.807, 2.05) is 0 Å². The number of rotatable bonds is 3. The summed E-state index contributed by atoms with van der Waals surface area (Å²) in [4.78, 5) is 36.1. The van der Waals surface area contributed by atoms with Gasteiger partial charge in [-0.1, -0.05) is 24.3 Å². The summed E-state index contributed by atoms with van der Waals surface area (Å²) in [5.41, 5.74) is -2.70. The van der Waals surface area contributed by atoms with Gasteiger partial charge in [-0.15, -0.1) is 0 Å². The summed E-state index contributed by atoms with van der Waals surface area (Å²) in [5.74, 6) is -4.86. The molecule has 0 bridgehead atoms. The van der Waals surface area contributed by atoms with Crippen LogP contribution in [0.2, 0.25) is 0 Å². The molecule has 0 unspecified atom stereocenters. The predicted molar refractivity (Wildman–Crippen MR) is 65.8 cm³/mol.